The van der Waals surface area contributed by atoms with Crippen molar-refractivity contribution in [2.24, 2.45) is 0 Å². The minimum atomic E-state index is -0.154. The fraction of sp³-hybridized carbons (Fsp3) is 0.583. The highest BCUT2D eigenvalue weighted by Crippen LogP contribution is 2.24. The first-order valence-corrected chi connectivity index (χ1v) is 11.3. The first kappa shape index (κ1) is 23.1. The molecule has 0 radical (unpaired) electrons. The molecule has 2 heterocycles. The molecule has 1 amide bonds. The van der Waals surface area contributed by atoms with Gasteiger partial charge in [-0.3, -0.25) is 14.5 Å². The third-order valence-electron chi connectivity index (χ3n) is 6.15. The number of methoxy groups -OCH3 is 2. The van der Waals surface area contributed by atoms with Gasteiger partial charge in [0.25, 0.3) is 0 Å². The molecule has 0 aliphatic carbocycles. The van der Waals surface area contributed by atoms with E-state index in [9.17, 15) is 9.59 Å². The van der Waals surface area contributed by atoms with Gasteiger partial charge in [-0.25, -0.2) is 0 Å². The third-order valence-corrected chi connectivity index (χ3v) is 6.15. The lowest BCUT2D eigenvalue weighted by Crippen LogP contribution is -2.49. The molecule has 1 aromatic heterocycles. The smallest absolute Gasteiger partial charge is 0.305 e. The number of piperazine rings is 1. The summed E-state index contributed by atoms with van der Waals surface area (Å²) in [6.07, 6.45) is 7.83. The maximum Gasteiger partial charge on any atom is 0.305 e. The fourth-order valence-electron chi connectivity index (χ4n) is 4.15. The molecule has 0 spiro atoms. The number of hydrogen-bond donors (Lipinski definition) is 1. The molecule has 3 rings (SSSR count). The van der Waals surface area contributed by atoms with Crippen LogP contribution >= 0.6 is 0 Å². The number of aromatic nitrogens is 1. The molecule has 0 unspecified atom stereocenters. The van der Waals surface area contributed by atoms with E-state index >= 15 is 0 Å². The van der Waals surface area contributed by atoms with E-state index in [1.54, 1.807) is 7.11 Å². The molecule has 31 heavy (non-hydrogen) atoms. The predicted molar refractivity (Wildman–Crippen MR) is 121 cm³/mol. The molecule has 7 nitrogen and oxygen atoms in total. The summed E-state index contributed by atoms with van der Waals surface area (Å²) in [6, 6.07) is 6.12. The Hall–Kier alpha value is -2.54. The molecule has 1 saturated heterocycles. The zero-order chi connectivity index (χ0) is 22.1. The van der Waals surface area contributed by atoms with Crippen LogP contribution in [-0.2, 0) is 20.7 Å². The second-order valence-corrected chi connectivity index (χ2v) is 8.19. The van der Waals surface area contributed by atoms with Crippen molar-refractivity contribution in [3.63, 3.8) is 0 Å². The number of H-pyrrole nitrogens is 1. The maximum absolute atomic E-state index is 12.5. The normalized spacial score (nSPS) is 14.7. The van der Waals surface area contributed by atoms with Crippen LogP contribution in [0.1, 0.15) is 44.1 Å². The summed E-state index contributed by atoms with van der Waals surface area (Å²) >= 11 is 0. The number of esters is 1. The molecule has 1 aliphatic heterocycles. The highest BCUT2D eigenvalue weighted by molar-refractivity contribution is 5.84. The Bertz CT molecular complexity index is 856. The summed E-state index contributed by atoms with van der Waals surface area (Å²) in [5.74, 6) is 0.985. The number of aromatic amines is 1. The lowest BCUT2D eigenvalue weighted by atomic mass is 10.1. The fourth-order valence-corrected chi connectivity index (χ4v) is 4.15. The Balaban J connectivity index is 1.33. The highest BCUT2D eigenvalue weighted by atomic mass is 16.5. The zero-order valence-corrected chi connectivity index (χ0v) is 18.8. The van der Waals surface area contributed by atoms with E-state index in [1.807, 2.05) is 11.0 Å². The average molecular weight is 430 g/mol. The van der Waals surface area contributed by atoms with Crippen molar-refractivity contribution < 1.29 is 19.1 Å². The number of fused-ring (bicyclic) bond motifs is 1. The Labute approximate surface area is 184 Å². The highest BCUT2D eigenvalue weighted by Gasteiger charge is 2.20. The van der Waals surface area contributed by atoms with Gasteiger partial charge in [0, 0.05) is 62.7 Å². The molecule has 0 atom stereocenters. The van der Waals surface area contributed by atoms with Crippen molar-refractivity contribution in [3.05, 3.63) is 30.0 Å². The molecular weight excluding hydrogens is 394 g/mol. The Morgan fingerprint density at radius 3 is 2.45 bits per heavy atom. The summed E-state index contributed by atoms with van der Waals surface area (Å²) in [4.78, 5) is 31.3. The van der Waals surface area contributed by atoms with Crippen molar-refractivity contribution in [1.29, 1.82) is 0 Å². The van der Waals surface area contributed by atoms with Crippen molar-refractivity contribution in [1.82, 2.24) is 14.8 Å². The van der Waals surface area contributed by atoms with Crippen LogP contribution in [0.3, 0.4) is 0 Å². The minimum absolute atomic E-state index is 0.154. The Morgan fingerprint density at radius 1 is 1.00 bits per heavy atom. The van der Waals surface area contributed by atoms with Crippen LogP contribution in [-0.4, -0.2) is 73.6 Å². The minimum Gasteiger partial charge on any atom is -0.497 e. The molecule has 2 aromatic rings. The van der Waals surface area contributed by atoms with Gasteiger partial charge >= 0.3 is 5.97 Å². The number of carbonyl (C=O) groups is 2. The second kappa shape index (κ2) is 11.7. The van der Waals surface area contributed by atoms with Crippen LogP contribution in [0.25, 0.3) is 10.9 Å². The number of benzene rings is 1. The second-order valence-electron chi connectivity index (χ2n) is 8.19. The average Bonchev–Trinajstić information content (AvgIpc) is 3.21. The molecule has 7 heteroatoms. The maximum atomic E-state index is 12.5. The molecule has 1 aliphatic rings. The number of ether oxygens (including phenoxy) is 2. The predicted octanol–water partition coefficient (Wildman–Crippen LogP) is 3.38. The summed E-state index contributed by atoms with van der Waals surface area (Å²) in [5.41, 5.74) is 2.44. The topological polar surface area (TPSA) is 74.9 Å². The van der Waals surface area contributed by atoms with E-state index in [-0.39, 0.29) is 11.9 Å². The first-order valence-electron chi connectivity index (χ1n) is 11.3. The van der Waals surface area contributed by atoms with Crippen LogP contribution in [0, 0.1) is 0 Å². The van der Waals surface area contributed by atoms with E-state index in [1.165, 1.54) is 18.1 Å². The van der Waals surface area contributed by atoms with Crippen molar-refractivity contribution in [3.8, 4) is 5.75 Å². The largest absolute Gasteiger partial charge is 0.497 e. The third kappa shape index (κ3) is 6.72. The zero-order valence-electron chi connectivity index (χ0n) is 18.8. The van der Waals surface area contributed by atoms with Gasteiger partial charge in [-0.1, -0.05) is 12.8 Å². The van der Waals surface area contributed by atoms with E-state index in [0.29, 0.717) is 12.8 Å². The standard InChI is InChI=1S/C24H35N3O4/c1-30-20-9-10-22-21(17-20)19(18-25-22)11-12-26-13-15-27(16-14-26)23(28)7-5-3-4-6-8-24(29)31-2/h9-10,17-18,25H,3-8,11-16H2,1-2H3. The van der Waals surface area contributed by atoms with Gasteiger partial charge in [0.1, 0.15) is 5.75 Å². The molecule has 0 saturated carbocycles. The van der Waals surface area contributed by atoms with Gasteiger partial charge < -0.3 is 19.4 Å². The van der Waals surface area contributed by atoms with Crippen LogP contribution in [0.2, 0.25) is 0 Å². The quantitative estimate of drug-likeness (QED) is 0.438. The van der Waals surface area contributed by atoms with Gasteiger partial charge in [-0.05, 0) is 43.0 Å². The van der Waals surface area contributed by atoms with Gasteiger partial charge in [0.05, 0.1) is 14.2 Å². The summed E-state index contributed by atoms with van der Waals surface area (Å²) in [5, 5.41) is 1.22. The summed E-state index contributed by atoms with van der Waals surface area (Å²) in [6.45, 7) is 4.46. The summed E-state index contributed by atoms with van der Waals surface area (Å²) < 4.78 is 10.00. The number of unbranched alkanes of at least 4 members (excludes halogenated alkanes) is 3. The summed E-state index contributed by atoms with van der Waals surface area (Å²) in [7, 11) is 3.11. The number of amides is 1. The van der Waals surface area contributed by atoms with Gasteiger partial charge in [-0.15, -0.1) is 0 Å². The van der Waals surface area contributed by atoms with Crippen LogP contribution in [0.5, 0.6) is 5.75 Å². The molecule has 1 aromatic carbocycles. The number of carbonyl (C=O) groups excluding carboxylic acids is 2. The van der Waals surface area contributed by atoms with Crippen molar-refractivity contribution in [2.45, 2.75) is 44.9 Å². The van der Waals surface area contributed by atoms with Gasteiger partial charge in [0.2, 0.25) is 5.91 Å². The van der Waals surface area contributed by atoms with E-state index in [4.69, 9.17) is 4.74 Å². The SMILES string of the molecule is COC(=O)CCCCCCC(=O)N1CCN(CCc2c[nH]c3ccc(OC)cc23)CC1. The van der Waals surface area contributed by atoms with Crippen molar-refractivity contribution >= 4 is 22.8 Å². The lowest BCUT2D eigenvalue weighted by molar-refractivity contribution is -0.140. The van der Waals surface area contributed by atoms with Crippen LogP contribution in [0.4, 0.5) is 0 Å². The number of hydrogen-bond acceptors (Lipinski definition) is 5. The molecular formula is C24H35N3O4. The number of rotatable bonds is 11. The Kier molecular flexibility index (Phi) is 8.76. The van der Waals surface area contributed by atoms with E-state index < -0.39 is 0 Å². The molecule has 1 N–H and O–H groups in total. The number of nitrogens with zero attached hydrogens (tertiary/aromatic N) is 2. The molecule has 170 valence electrons. The first-order chi connectivity index (χ1) is 15.1. The molecule has 1 fully saturated rings. The van der Waals surface area contributed by atoms with Gasteiger partial charge in [0.15, 0.2) is 0 Å². The Morgan fingerprint density at radius 2 is 1.74 bits per heavy atom. The van der Waals surface area contributed by atoms with Gasteiger partial charge in [-0.2, -0.15) is 0 Å². The lowest BCUT2D eigenvalue weighted by Gasteiger charge is -2.34. The number of nitrogens with one attached hydrogen (secondary N) is 1. The van der Waals surface area contributed by atoms with E-state index in [0.717, 1.165) is 76.1 Å². The van der Waals surface area contributed by atoms with E-state index in [2.05, 4.69) is 33.0 Å². The molecule has 0 bridgehead atoms. The van der Waals surface area contributed by atoms with Crippen LogP contribution < -0.4 is 4.74 Å². The van der Waals surface area contributed by atoms with Crippen LogP contribution in [0.15, 0.2) is 24.4 Å². The van der Waals surface area contributed by atoms with Crippen molar-refractivity contribution in [2.75, 3.05) is 46.9 Å². The monoisotopic (exact) mass is 429 g/mol.